The third kappa shape index (κ3) is 4.89. The lowest BCUT2D eigenvalue weighted by atomic mass is 10.0. The number of fused-ring (bicyclic) bond motifs is 1. The maximum atomic E-state index is 11.3. The van der Waals surface area contributed by atoms with E-state index in [9.17, 15) is 15.0 Å². The van der Waals surface area contributed by atoms with Crippen LogP contribution < -0.4 is 4.74 Å². The second-order valence-electron chi connectivity index (χ2n) is 8.66. The summed E-state index contributed by atoms with van der Waals surface area (Å²) in [5.41, 5.74) is 1.95. The van der Waals surface area contributed by atoms with Gasteiger partial charge in [-0.05, 0) is 45.9 Å². The second kappa shape index (κ2) is 9.02. The summed E-state index contributed by atoms with van der Waals surface area (Å²) < 4.78 is 7.47. The van der Waals surface area contributed by atoms with Crippen LogP contribution >= 0.6 is 22.9 Å². The molecular formula is C22H26ClN5O4S. The van der Waals surface area contributed by atoms with Gasteiger partial charge in [-0.25, -0.2) is 9.48 Å². The standard InChI is InChI=1S/C22H26ClN5O4S/c1-12(2)32-18-6-5-14(9-16(18)23)19-24-25-21(33-19)28-13(3)15-10-27(8-7-17(15)26-28)11-22(4,31)20(29)30/h5-6,9,12,31H,7-8,10-11H2,1-4H3,(H,29,30)/t22-/m1/s1. The predicted octanol–water partition coefficient (Wildman–Crippen LogP) is 3.33. The number of hydrogen-bond acceptors (Lipinski definition) is 8. The molecule has 33 heavy (non-hydrogen) atoms. The van der Waals surface area contributed by atoms with Gasteiger partial charge >= 0.3 is 5.97 Å². The third-order valence-corrected chi connectivity index (χ3v) is 6.74. The molecule has 2 N–H and O–H groups in total. The normalized spacial score (nSPS) is 16.0. The van der Waals surface area contributed by atoms with E-state index in [0.717, 1.165) is 27.5 Å². The van der Waals surface area contributed by atoms with Gasteiger partial charge in [0.25, 0.3) is 0 Å². The summed E-state index contributed by atoms with van der Waals surface area (Å²) in [6.07, 6.45) is 0.693. The molecular weight excluding hydrogens is 466 g/mol. The molecule has 0 unspecified atom stereocenters. The summed E-state index contributed by atoms with van der Waals surface area (Å²) in [7, 11) is 0. The zero-order chi connectivity index (χ0) is 23.9. The van der Waals surface area contributed by atoms with E-state index >= 15 is 0 Å². The molecule has 1 aliphatic rings. The van der Waals surface area contributed by atoms with Gasteiger partial charge in [-0.1, -0.05) is 22.9 Å². The van der Waals surface area contributed by atoms with Crippen LogP contribution in [0.1, 0.15) is 37.7 Å². The van der Waals surface area contributed by atoms with Crippen LogP contribution in [0.4, 0.5) is 0 Å². The van der Waals surface area contributed by atoms with Crippen LogP contribution in [0.5, 0.6) is 5.75 Å². The molecule has 4 rings (SSSR count). The lowest BCUT2D eigenvalue weighted by Gasteiger charge is -2.31. The molecule has 9 nitrogen and oxygen atoms in total. The van der Waals surface area contributed by atoms with Crippen molar-refractivity contribution >= 4 is 28.9 Å². The minimum Gasteiger partial charge on any atom is -0.489 e. The van der Waals surface area contributed by atoms with Crippen molar-refractivity contribution in [3.05, 3.63) is 40.2 Å². The molecule has 0 amide bonds. The fourth-order valence-electron chi connectivity index (χ4n) is 3.79. The average Bonchev–Trinajstić information content (AvgIpc) is 3.34. The van der Waals surface area contributed by atoms with Crippen molar-refractivity contribution in [2.45, 2.75) is 52.4 Å². The highest BCUT2D eigenvalue weighted by atomic mass is 35.5. The summed E-state index contributed by atoms with van der Waals surface area (Å²) in [5, 5.41) is 34.6. The van der Waals surface area contributed by atoms with E-state index in [0.29, 0.717) is 35.4 Å². The smallest absolute Gasteiger partial charge is 0.336 e. The van der Waals surface area contributed by atoms with Crippen LogP contribution in [0.15, 0.2) is 18.2 Å². The molecule has 176 valence electrons. The number of aromatic nitrogens is 4. The number of carbonyl (C=O) groups is 1. The Kier molecular flexibility index (Phi) is 6.45. The maximum Gasteiger partial charge on any atom is 0.336 e. The van der Waals surface area contributed by atoms with E-state index in [-0.39, 0.29) is 12.6 Å². The number of carboxylic acid groups (broad SMARTS) is 1. The first kappa shape index (κ1) is 23.6. The van der Waals surface area contributed by atoms with Crippen molar-refractivity contribution in [3.8, 4) is 21.5 Å². The first-order valence-corrected chi connectivity index (χ1v) is 11.8. The number of rotatable bonds is 7. The molecule has 3 heterocycles. The summed E-state index contributed by atoms with van der Waals surface area (Å²) in [4.78, 5) is 13.2. The number of benzene rings is 1. The topological polar surface area (TPSA) is 114 Å². The van der Waals surface area contributed by atoms with Gasteiger partial charge in [-0.2, -0.15) is 5.10 Å². The molecule has 3 aromatic rings. The first-order valence-electron chi connectivity index (χ1n) is 10.6. The van der Waals surface area contributed by atoms with Gasteiger partial charge in [-0.3, -0.25) is 4.90 Å². The Morgan fingerprint density at radius 2 is 2.12 bits per heavy atom. The van der Waals surface area contributed by atoms with Crippen molar-refractivity contribution in [2.75, 3.05) is 13.1 Å². The number of carboxylic acids is 1. The van der Waals surface area contributed by atoms with E-state index in [1.54, 1.807) is 4.68 Å². The molecule has 0 radical (unpaired) electrons. The van der Waals surface area contributed by atoms with Crippen molar-refractivity contribution < 1.29 is 19.7 Å². The highest BCUT2D eigenvalue weighted by molar-refractivity contribution is 7.17. The molecule has 0 spiro atoms. The van der Waals surface area contributed by atoms with Gasteiger partial charge in [0.15, 0.2) is 5.60 Å². The highest BCUT2D eigenvalue weighted by Crippen LogP contribution is 2.34. The molecule has 0 saturated carbocycles. The van der Waals surface area contributed by atoms with Crippen LogP contribution in [0.25, 0.3) is 15.7 Å². The van der Waals surface area contributed by atoms with E-state index in [1.807, 2.05) is 43.9 Å². The summed E-state index contributed by atoms with van der Waals surface area (Å²) in [5.74, 6) is -0.604. The van der Waals surface area contributed by atoms with E-state index in [1.165, 1.54) is 18.3 Å². The lowest BCUT2D eigenvalue weighted by molar-refractivity contribution is -0.158. The quantitative estimate of drug-likeness (QED) is 0.517. The molecule has 1 atom stereocenters. The first-order chi connectivity index (χ1) is 15.5. The Labute approximate surface area is 200 Å². The largest absolute Gasteiger partial charge is 0.489 e. The molecule has 11 heteroatoms. The Balaban J connectivity index is 1.56. The average molecular weight is 492 g/mol. The van der Waals surface area contributed by atoms with Crippen LogP contribution in [0.3, 0.4) is 0 Å². The van der Waals surface area contributed by atoms with E-state index in [2.05, 4.69) is 10.2 Å². The summed E-state index contributed by atoms with van der Waals surface area (Å²) in [6, 6.07) is 5.55. The van der Waals surface area contributed by atoms with Gasteiger partial charge in [0, 0.05) is 42.9 Å². The molecule has 0 saturated heterocycles. The Morgan fingerprint density at radius 3 is 2.79 bits per heavy atom. The second-order valence-corrected chi connectivity index (χ2v) is 10.0. The fraction of sp³-hybridized carbons (Fsp3) is 0.455. The van der Waals surface area contributed by atoms with E-state index in [4.69, 9.17) is 21.4 Å². The zero-order valence-electron chi connectivity index (χ0n) is 18.9. The van der Waals surface area contributed by atoms with Crippen LogP contribution in [-0.4, -0.2) is 65.9 Å². The summed E-state index contributed by atoms with van der Waals surface area (Å²) >= 11 is 7.78. The Bertz CT molecular complexity index is 1190. The van der Waals surface area contributed by atoms with Gasteiger partial charge in [0.2, 0.25) is 5.13 Å². The zero-order valence-corrected chi connectivity index (χ0v) is 20.4. The maximum absolute atomic E-state index is 11.3. The Hall–Kier alpha value is -2.53. The highest BCUT2D eigenvalue weighted by Gasteiger charge is 2.34. The Morgan fingerprint density at radius 1 is 1.36 bits per heavy atom. The summed E-state index contributed by atoms with van der Waals surface area (Å²) in [6.45, 7) is 8.35. The van der Waals surface area contributed by atoms with Gasteiger partial charge in [-0.15, -0.1) is 10.2 Å². The van der Waals surface area contributed by atoms with Crippen molar-refractivity contribution in [1.82, 2.24) is 24.9 Å². The molecule has 0 fully saturated rings. The molecule has 1 aromatic carbocycles. The minimum absolute atomic E-state index is 0.0291. The fourth-order valence-corrected chi connectivity index (χ4v) is 4.86. The SMILES string of the molecule is Cc1c2c(nn1-c1nnc(-c3ccc(OC(C)C)c(Cl)c3)s1)CCN(C[C@@](C)(O)C(=O)O)C2. The predicted molar refractivity (Wildman–Crippen MR) is 125 cm³/mol. The van der Waals surface area contributed by atoms with Crippen LogP contribution in [-0.2, 0) is 17.8 Å². The monoisotopic (exact) mass is 491 g/mol. The molecule has 0 aliphatic carbocycles. The number of hydrogen-bond donors (Lipinski definition) is 2. The molecule has 0 bridgehead atoms. The van der Waals surface area contributed by atoms with Crippen molar-refractivity contribution in [1.29, 1.82) is 0 Å². The minimum atomic E-state index is -1.80. The third-order valence-electron chi connectivity index (χ3n) is 5.50. The van der Waals surface area contributed by atoms with Gasteiger partial charge in [0.1, 0.15) is 10.8 Å². The molecule has 1 aliphatic heterocycles. The number of β-amino-alcohol motifs (C(OH)–C–C–N with tert-alkyl or cyclic N) is 1. The number of ether oxygens (including phenoxy) is 1. The number of nitrogens with zero attached hydrogens (tertiary/aromatic N) is 5. The lowest BCUT2D eigenvalue weighted by Crippen LogP contribution is -2.48. The van der Waals surface area contributed by atoms with Crippen LogP contribution in [0.2, 0.25) is 5.02 Å². The number of aliphatic carboxylic acids is 1. The van der Waals surface area contributed by atoms with Crippen molar-refractivity contribution in [2.24, 2.45) is 0 Å². The van der Waals surface area contributed by atoms with E-state index < -0.39 is 11.6 Å². The number of halogens is 1. The molecule has 2 aromatic heterocycles. The van der Waals surface area contributed by atoms with Crippen molar-refractivity contribution in [3.63, 3.8) is 0 Å². The van der Waals surface area contributed by atoms with Gasteiger partial charge < -0.3 is 14.9 Å². The van der Waals surface area contributed by atoms with Gasteiger partial charge in [0.05, 0.1) is 16.8 Å². The number of aliphatic hydroxyl groups is 1. The van der Waals surface area contributed by atoms with Crippen LogP contribution in [0, 0.1) is 6.92 Å².